The summed E-state index contributed by atoms with van der Waals surface area (Å²) in [5.74, 6) is 0. The quantitative estimate of drug-likeness (QED) is 0.447. The number of hydrogen-bond donors (Lipinski definition) is 0. The molecule has 0 aliphatic carbocycles. The molecule has 0 amide bonds. The molecule has 28 heavy (non-hydrogen) atoms. The molecular formula is C24H27N4+. The summed E-state index contributed by atoms with van der Waals surface area (Å²) in [4.78, 5) is 14.1. The van der Waals surface area contributed by atoms with E-state index in [-0.39, 0.29) is 5.41 Å². The van der Waals surface area contributed by atoms with Crippen LogP contribution in [0.4, 0.5) is 0 Å². The lowest BCUT2D eigenvalue weighted by molar-refractivity contribution is -0.662. The lowest BCUT2D eigenvalue weighted by atomic mass is 9.80. The van der Waals surface area contributed by atoms with Gasteiger partial charge in [0.15, 0.2) is 11.2 Å². The lowest BCUT2D eigenvalue weighted by Gasteiger charge is -2.24. The highest BCUT2D eigenvalue weighted by molar-refractivity contribution is 5.97. The van der Waals surface area contributed by atoms with Gasteiger partial charge in [0.1, 0.15) is 0 Å². The molecule has 2 aromatic heterocycles. The SMILES string of the molecule is Cc1nc2nc[n+](C)c(-c3cc(C(C)(C)C)c4ccccc4c3C)c2nc1C. The third-order valence-corrected chi connectivity index (χ3v) is 5.60. The van der Waals surface area contributed by atoms with E-state index in [1.807, 2.05) is 27.2 Å². The van der Waals surface area contributed by atoms with Crippen LogP contribution < -0.4 is 4.57 Å². The van der Waals surface area contributed by atoms with E-state index in [1.165, 1.54) is 27.5 Å². The summed E-state index contributed by atoms with van der Waals surface area (Å²) in [6.07, 6.45) is 1.84. The fourth-order valence-corrected chi connectivity index (χ4v) is 3.91. The molecule has 0 atom stereocenters. The summed E-state index contributed by atoms with van der Waals surface area (Å²) in [5.41, 5.74) is 8.29. The molecule has 0 bridgehead atoms. The van der Waals surface area contributed by atoms with E-state index in [9.17, 15) is 0 Å². The van der Waals surface area contributed by atoms with Crippen molar-refractivity contribution >= 4 is 21.9 Å². The van der Waals surface area contributed by atoms with Crippen molar-refractivity contribution in [3.63, 3.8) is 0 Å². The number of benzene rings is 2. The van der Waals surface area contributed by atoms with Crippen molar-refractivity contribution in [3.05, 3.63) is 59.2 Å². The number of aromatic nitrogens is 4. The van der Waals surface area contributed by atoms with Gasteiger partial charge in [-0.25, -0.2) is 14.5 Å². The Morgan fingerprint density at radius 2 is 1.54 bits per heavy atom. The van der Waals surface area contributed by atoms with Crippen molar-refractivity contribution in [2.45, 2.75) is 47.0 Å². The van der Waals surface area contributed by atoms with Crippen LogP contribution in [0.5, 0.6) is 0 Å². The molecule has 2 heterocycles. The van der Waals surface area contributed by atoms with Gasteiger partial charge in [0, 0.05) is 5.56 Å². The molecule has 0 aliphatic heterocycles. The molecule has 4 heteroatoms. The second-order valence-electron chi connectivity index (χ2n) is 8.66. The van der Waals surface area contributed by atoms with Crippen LogP contribution in [-0.2, 0) is 12.5 Å². The minimum Gasteiger partial charge on any atom is -0.241 e. The molecule has 0 saturated carbocycles. The third kappa shape index (κ3) is 2.84. The summed E-state index contributed by atoms with van der Waals surface area (Å²) < 4.78 is 2.06. The first-order valence-electron chi connectivity index (χ1n) is 9.71. The summed E-state index contributed by atoms with van der Waals surface area (Å²) in [7, 11) is 2.03. The maximum Gasteiger partial charge on any atom is 0.296 e. The van der Waals surface area contributed by atoms with E-state index >= 15 is 0 Å². The predicted molar refractivity (Wildman–Crippen MR) is 114 cm³/mol. The van der Waals surface area contributed by atoms with Gasteiger partial charge in [-0.05, 0) is 59.1 Å². The molecule has 0 fully saturated rings. The Kier molecular flexibility index (Phi) is 4.18. The highest BCUT2D eigenvalue weighted by Gasteiger charge is 2.25. The number of nitrogens with zero attached hydrogens (tertiary/aromatic N) is 4. The van der Waals surface area contributed by atoms with Gasteiger partial charge >= 0.3 is 0 Å². The van der Waals surface area contributed by atoms with Crippen molar-refractivity contribution in [3.8, 4) is 11.3 Å². The molecule has 0 spiro atoms. The summed E-state index contributed by atoms with van der Waals surface area (Å²) >= 11 is 0. The van der Waals surface area contributed by atoms with Crippen LogP contribution in [0.1, 0.15) is 43.3 Å². The summed E-state index contributed by atoms with van der Waals surface area (Å²) in [6, 6.07) is 11.0. The minimum atomic E-state index is 0.0294. The Bertz CT molecular complexity index is 1230. The van der Waals surface area contributed by atoms with Crippen LogP contribution >= 0.6 is 0 Å². The molecule has 0 N–H and O–H groups in total. The first-order valence-corrected chi connectivity index (χ1v) is 9.71. The lowest BCUT2D eigenvalue weighted by Crippen LogP contribution is -2.32. The molecule has 2 aromatic carbocycles. The molecule has 0 aliphatic rings. The molecule has 0 saturated heterocycles. The first-order chi connectivity index (χ1) is 13.2. The van der Waals surface area contributed by atoms with Crippen LogP contribution in [0.3, 0.4) is 0 Å². The van der Waals surface area contributed by atoms with E-state index < -0.39 is 0 Å². The van der Waals surface area contributed by atoms with Crippen LogP contribution in [0.15, 0.2) is 36.7 Å². The average molecular weight is 372 g/mol. The number of rotatable bonds is 1. The zero-order chi connectivity index (χ0) is 20.2. The topological polar surface area (TPSA) is 42.5 Å². The van der Waals surface area contributed by atoms with Crippen LogP contribution in [0.25, 0.3) is 33.2 Å². The van der Waals surface area contributed by atoms with Gasteiger partial charge in [0.25, 0.3) is 12.0 Å². The highest BCUT2D eigenvalue weighted by Crippen LogP contribution is 2.38. The molecule has 0 radical (unpaired) electrons. The monoisotopic (exact) mass is 371 g/mol. The number of hydrogen-bond acceptors (Lipinski definition) is 3. The Balaban J connectivity index is 2.18. The zero-order valence-electron chi connectivity index (χ0n) is 17.8. The van der Waals surface area contributed by atoms with Gasteiger partial charge in [-0.3, -0.25) is 0 Å². The Labute approximate surface area is 166 Å². The third-order valence-electron chi connectivity index (χ3n) is 5.60. The van der Waals surface area contributed by atoms with Crippen molar-refractivity contribution in [1.82, 2.24) is 15.0 Å². The standard InChI is InChI=1S/C24H27N4/c1-14-17-10-8-9-11-18(17)20(24(4,5)6)12-19(14)22-21-23(25-13-28(22)7)27-16(3)15(2)26-21/h8-13H,1-7H3/q+1. The van der Waals surface area contributed by atoms with Crippen LogP contribution in [-0.4, -0.2) is 15.0 Å². The molecule has 4 rings (SSSR count). The highest BCUT2D eigenvalue weighted by atomic mass is 15.0. The second-order valence-corrected chi connectivity index (χ2v) is 8.66. The fraction of sp³-hybridized carbons (Fsp3) is 0.333. The van der Waals surface area contributed by atoms with Gasteiger partial charge in [0.05, 0.1) is 18.4 Å². The molecule has 142 valence electrons. The summed E-state index contributed by atoms with van der Waals surface area (Å²) in [6.45, 7) is 13.0. The van der Waals surface area contributed by atoms with Gasteiger partial charge in [-0.2, -0.15) is 0 Å². The van der Waals surface area contributed by atoms with E-state index in [0.29, 0.717) is 5.65 Å². The first kappa shape index (κ1) is 18.5. The van der Waals surface area contributed by atoms with E-state index in [1.54, 1.807) is 0 Å². The maximum atomic E-state index is 4.88. The Hall–Kier alpha value is -2.88. The molecule has 4 aromatic rings. The largest absolute Gasteiger partial charge is 0.296 e. The van der Waals surface area contributed by atoms with E-state index in [2.05, 4.69) is 72.6 Å². The van der Waals surface area contributed by atoms with Gasteiger partial charge in [0.2, 0.25) is 0 Å². The van der Waals surface area contributed by atoms with Gasteiger partial charge in [-0.1, -0.05) is 45.0 Å². The normalized spacial score (nSPS) is 12.1. The van der Waals surface area contributed by atoms with Crippen LogP contribution in [0, 0.1) is 20.8 Å². The maximum absolute atomic E-state index is 4.88. The van der Waals surface area contributed by atoms with E-state index in [0.717, 1.165) is 22.6 Å². The van der Waals surface area contributed by atoms with Crippen molar-refractivity contribution in [1.29, 1.82) is 0 Å². The van der Waals surface area contributed by atoms with Gasteiger partial charge < -0.3 is 0 Å². The summed E-state index contributed by atoms with van der Waals surface area (Å²) in [5, 5.41) is 2.60. The van der Waals surface area contributed by atoms with Crippen molar-refractivity contribution < 1.29 is 4.57 Å². The fourth-order valence-electron chi connectivity index (χ4n) is 3.91. The van der Waals surface area contributed by atoms with Gasteiger partial charge in [-0.15, -0.1) is 0 Å². The van der Waals surface area contributed by atoms with Crippen molar-refractivity contribution in [2.75, 3.05) is 0 Å². The average Bonchev–Trinajstić information content (AvgIpc) is 2.63. The molecule has 0 unspecified atom stereocenters. The molecular weight excluding hydrogens is 344 g/mol. The zero-order valence-corrected chi connectivity index (χ0v) is 17.8. The number of fused-ring (bicyclic) bond motifs is 2. The predicted octanol–water partition coefficient (Wildman–Crippen LogP) is 4.89. The van der Waals surface area contributed by atoms with E-state index in [4.69, 9.17) is 4.98 Å². The number of aryl methyl sites for hydroxylation is 4. The minimum absolute atomic E-state index is 0.0294. The van der Waals surface area contributed by atoms with Crippen molar-refractivity contribution in [2.24, 2.45) is 7.05 Å². The Morgan fingerprint density at radius 1 is 0.893 bits per heavy atom. The Morgan fingerprint density at radius 3 is 2.21 bits per heavy atom. The van der Waals surface area contributed by atoms with Crippen LogP contribution in [0.2, 0.25) is 0 Å². The molecule has 4 nitrogen and oxygen atoms in total. The smallest absolute Gasteiger partial charge is 0.241 e. The second kappa shape index (κ2) is 6.33.